The van der Waals surface area contributed by atoms with Crippen LogP contribution in [-0.2, 0) is 4.79 Å². The van der Waals surface area contributed by atoms with Crippen molar-refractivity contribution in [3.05, 3.63) is 91.0 Å². The molecular formula is C32H36N2O3. The first-order valence-electron chi connectivity index (χ1n) is 13.4. The summed E-state index contributed by atoms with van der Waals surface area (Å²) in [5, 5.41) is 8.72. The third-order valence-electron chi connectivity index (χ3n) is 6.47. The number of hydrogen-bond donors (Lipinski definition) is 1. The first-order valence-corrected chi connectivity index (χ1v) is 13.4. The Morgan fingerprint density at radius 2 is 1.19 bits per heavy atom. The predicted molar refractivity (Wildman–Crippen MR) is 149 cm³/mol. The summed E-state index contributed by atoms with van der Waals surface area (Å²) in [4.78, 5) is 15.6. The number of benzene rings is 3. The molecule has 0 bridgehead atoms. The fourth-order valence-electron chi connectivity index (χ4n) is 4.58. The van der Waals surface area contributed by atoms with E-state index in [4.69, 9.17) is 14.8 Å². The smallest absolute Gasteiger partial charge is 0.303 e. The van der Waals surface area contributed by atoms with Crippen LogP contribution in [0.1, 0.15) is 57.8 Å². The summed E-state index contributed by atoms with van der Waals surface area (Å²) in [7, 11) is 0. The lowest BCUT2D eigenvalue weighted by atomic mass is 10.0. The van der Waals surface area contributed by atoms with E-state index in [0.29, 0.717) is 12.6 Å². The molecule has 0 aliphatic heterocycles. The molecule has 4 rings (SSSR count). The highest BCUT2D eigenvalue weighted by Crippen LogP contribution is 2.37. The molecule has 0 saturated heterocycles. The third kappa shape index (κ3) is 7.56. The number of nitrogens with zero attached hydrogens (tertiary/aromatic N) is 2. The van der Waals surface area contributed by atoms with Crippen molar-refractivity contribution in [3.8, 4) is 34.2 Å². The Morgan fingerprint density at radius 3 is 1.78 bits per heavy atom. The van der Waals surface area contributed by atoms with Gasteiger partial charge in [0.05, 0.1) is 18.0 Å². The van der Waals surface area contributed by atoms with Crippen molar-refractivity contribution in [1.29, 1.82) is 0 Å². The lowest BCUT2D eigenvalue weighted by molar-refractivity contribution is -0.137. The van der Waals surface area contributed by atoms with Gasteiger partial charge in [0.15, 0.2) is 0 Å². The molecule has 1 aromatic heterocycles. The zero-order valence-corrected chi connectivity index (χ0v) is 21.4. The zero-order valence-electron chi connectivity index (χ0n) is 21.4. The van der Waals surface area contributed by atoms with Gasteiger partial charge >= 0.3 is 12.0 Å². The molecule has 0 aliphatic rings. The number of carbonyl (C=O) groups is 1. The summed E-state index contributed by atoms with van der Waals surface area (Å²) in [5.74, 6) is -0.695. The number of carboxylic acids is 1. The van der Waals surface area contributed by atoms with Crippen LogP contribution in [0.3, 0.4) is 0 Å². The highest BCUT2D eigenvalue weighted by molar-refractivity contribution is 5.81. The number of unbranched alkanes of at least 4 members (excludes halogenated alkanes) is 7. The van der Waals surface area contributed by atoms with Crippen molar-refractivity contribution < 1.29 is 14.6 Å². The Kier molecular flexibility index (Phi) is 9.94. The van der Waals surface area contributed by atoms with E-state index in [1.54, 1.807) is 0 Å². The molecule has 0 saturated carbocycles. The van der Waals surface area contributed by atoms with Gasteiger partial charge in [-0.3, -0.25) is 9.36 Å². The normalized spacial score (nSPS) is 10.9. The monoisotopic (exact) mass is 496 g/mol. The highest BCUT2D eigenvalue weighted by atomic mass is 16.5. The number of aromatic nitrogens is 2. The van der Waals surface area contributed by atoms with Crippen molar-refractivity contribution in [1.82, 2.24) is 9.55 Å². The molecule has 37 heavy (non-hydrogen) atoms. The number of imidazole rings is 1. The quantitative estimate of drug-likeness (QED) is 0.169. The third-order valence-corrected chi connectivity index (χ3v) is 6.47. The minimum atomic E-state index is -0.695. The van der Waals surface area contributed by atoms with Crippen LogP contribution in [0.4, 0.5) is 0 Å². The molecule has 1 N–H and O–H groups in total. The summed E-state index contributed by atoms with van der Waals surface area (Å²) in [5.41, 5.74) is 5.11. The maximum atomic E-state index is 10.6. The van der Waals surface area contributed by atoms with E-state index < -0.39 is 5.97 Å². The van der Waals surface area contributed by atoms with Gasteiger partial charge in [-0.2, -0.15) is 4.98 Å². The molecule has 5 heteroatoms. The predicted octanol–water partition coefficient (Wildman–Crippen LogP) is 8.18. The van der Waals surface area contributed by atoms with Gasteiger partial charge in [-0.1, -0.05) is 117 Å². The van der Waals surface area contributed by atoms with Crippen molar-refractivity contribution in [2.75, 3.05) is 6.61 Å². The molecule has 0 amide bonds. The molecule has 1 heterocycles. The van der Waals surface area contributed by atoms with Crippen LogP contribution >= 0.6 is 0 Å². The SMILES string of the molecule is O=C(O)CCCCCCCCCCOc1nc(-c2ccccc2)c(-c2ccccc2)n1-c1ccccc1. The Hall–Kier alpha value is -3.86. The summed E-state index contributed by atoms with van der Waals surface area (Å²) < 4.78 is 8.47. The number of rotatable bonds is 15. The topological polar surface area (TPSA) is 64.3 Å². The molecule has 0 atom stereocenters. The average molecular weight is 497 g/mol. The molecule has 3 aromatic carbocycles. The minimum Gasteiger partial charge on any atom is -0.481 e. The van der Waals surface area contributed by atoms with Gasteiger partial charge in [-0.05, 0) is 25.0 Å². The van der Waals surface area contributed by atoms with Crippen molar-refractivity contribution >= 4 is 5.97 Å². The maximum absolute atomic E-state index is 10.6. The average Bonchev–Trinajstić information content (AvgIpc) is 3.32. The van der Waals surface area contributed by atoms with Crippen molar-refractivity contribution in [2.24, 2.45) is 0 Å². The second-order valence-corrected chi connectivity index (χ2v) is 9.32. The second kappa shape index (κ2) is 14.0. The fraction of sp³-hybridized carbons (Fsp3) is 0.312. The van der Waals surface area contributed by atoms with Gasteiger partial charge in [0.25, 0.3) is 0 Å². The number of para-hydroxylation sites is 1. The van der Waals surface area contributed by atoms with Crippen LogP contribution in [0.2, 0.25) is 0 Å². The van der Waals surface area contributed by atoms with Gasteiger partial charge in [0.1, 0.15) is 5.69 Å². The van der Waals surface area contributed by atoms with Gasteiger partial charge < -0.3 is 9.84 Å². The Morgan fingerprint density at radius 1 is 0.676 bits per heavy atom. The molecule has 0 aliphatic carbocycles. The van der Waals surface area contributed by atoms with Crippen molar-refractivity contribution in [3.63, 3.8) is 0 Å². The number of carboxylic acid groups (broad SMARTS) is 1. The molecular weight excluding hydrogens is 460 g/mol. The zero-order chi connectivity index (χ0) is 25.7. The van der Waals surface area contributed by atoms with Crippen LogP contribution in [0.25, 0.3) is 28.2 Å². The first kappa shape index (κ1) is 26.2. The Bertz CT molecular complexity index is 1220. The van der Waals surface area contributed by atoms with Gasteiger partial charge in [0, 0.05) is 17.5 Å². The van der Waals surface area contributed by atoms with E-state index in [-0.39, 0.29) is 6.42 Å². The lowest BCUT2D eigenvalue weighted by Gasteiger charge is -2.13. The molecule has 5 nitrogen and oxygen atoms in total. The first-order chi connectivity index (χ1) is 18.2. The van der Waals surface area contributed by atoms with E-state index in [1.165, 1.54) is 19.3 Å². The van der Waals surface area contributed by atoms with Crippen LogP contribution < -0.4 is 4.74 Å². The van der Waals surface area contributed by atoms with E-state index in [2.05, 4.69) is 53.1 Å². The van der Waals surface area contributed by atoms with Crippen molar-refractivity contribution in [2.45, 2.75) is 57.8 Å². The van der Waals surface area contributed by atoms with E-state index >= 15 is 0 Å². The van der Waals surface area contributed by atoms with Crippen LogP contribution in [0.15, 0.2) is 91.0 Å². The number of aliphatic carboxylic acids is 1. The van der Waals surface area contributed by atoms with Gasteiger partial charge in [-0.15, -0.1) is 0 Å². The molecule has 4 aromatic rings. The number of hydrogen-bond acceptors (Lipinski definition) is 3. The van der Waals surface area contributed by atoms with E-state index in [0.717, 1.165) is 60.3 Å². The highest BCUT2D eigenvalue weighted by Gasteiger charge is 2.22. The maximum Gasteiger partial charge on any atom is 0.303 e. The number of ether oxygens (including phenoxy) is 1. The molecule has 0 radical (unpaired) electrons. The summed E-state index contributed by atoms with van der Waals surface area (Å²) in [6.07, 6.45) is 8.79. The Labute approximate surface area is 219 Å². The summed E-state index contributed by atoms with van der Waals surface area (Å²) >= 11 is 0. The largest absolute Gasteiger partial charge is 0.481 e. The lowest BCUT2D eigenvalue weighted by Crippen LogP contribution is -2.05. The van der Waals surface area contributed by atoms with Crippen LogP contribution in [0.5, 0.6) is 6.01 Å². The van der Waals surface area contributed by atoms with Crippen LogP contribution in [0, 0.1) is 0 Å². The minimum absolute atomic E-state index is 0.286. The summed E-state index contributed by atoms with van der Waals surface area (Å²) in [6, 6.07) is 31.6. The standard InChI is InChI=1S/C32H36N2O3/c35-29(36)24-16-5-3-1-2-4-6-17-25-37-32-33-30(26-18-10-7-11-19-26)31(27-20-12-8-13-21-27)34(32)28-22-14-9-15-23-28/h7-15,18-23H,1-6,16-17,24-25H2,(H,35,36). The van der Waals surface area contributed by atoms with Crippen LogP contribution in [-0.4, -0.2) is 27.2 Å². The van der Waals surface area contributed by atoms with Gasteiger partial charge in [-0.25, -0.2) is 0 Å². The second-order valence-electron chi connectivity index (χ2n) is 9.32. The van der Waals surface area contributed by atoms with E-state index in [9.17, 15) is 4.79 Å². The molecule has 0 unspecified atom stereocenters. The summed E-state index contributed by atoms with van der Waals surface area (Å²) in [6.45, 7) is 0.616. The molecule has 192 valence electrons. The fourth-order valence-corrected chi connectivity index (χ4v) is 4.58. The molecule has 0 spiro atoms. The Balaban J connectivity index is 1.45. The molecule has 0 fully saturated rings. The van der Waals surface area contributed by atoms with E-state index in [1.807, 2.05) is 42.5 Å². The van der Waals surface area contributed by atoms with Gasteiger partial charge in [0.2, 0.25) is 0 Å².